The van der Waals surface area contributed by atoms with Crippen LogP contribution in [0.25, 0.3) is 0 Å². The highest BCUT2D eigenvalue weighted by Crippen LogP contribution is 2.16. The summed E-state index contributed by atoms with van der Waals surface area (Å²) in [4.78, 5) is 6.02. The van der Waals surface area contributed by atoms with E-state index in [2.05, 4.69) is 5.92 Å². The number of hydrogen-bond acceptors (Lipinski definition) is 3. The molecular formula is C9H19N3. The lowest BCUT2D eigenvalue weighted by molar-refractivity contribution is -0.0568. The van der Waals surface area contributed by atoms with Crippen molar-refractivity contribution in [3.05, 3.63) is 0 Å². The van der Waals surface area contributed by atoms with Gasteiger partial charge >= 0.3 is 0 Å². The van der Waals surface area contributed by atoms with Crippen LogP contribution in [-0.4, -0.2) is 62.8 Å². The fourth-order valence-corrected chi connectivity index (χ4v) is 1.59. The highest BCUT2D eigenvalue weighted by Gasteiger charge is 2.35. The van der Waals surface area contributed by atoms with Gasteiger partial charge in [-0.2, -0.15) is 0 Å². The van der Waals surface area contributed by atoms with Gasteiger partial charge in [0.1, 0.15) is 0 Å². The molecule has 0 radical (unpaired) electrons. The minimum absolute atomic E-state index is 0.431. The molecule has 0 spiro atoms. The Balaban J connectivity index is 4.94. The van der Waals surface area contributed by atoms with Crippen LogP contribution < -0.4 is 0 Å². The third-order valence-electron chi connectivity index (χ3n) is 2.06. The first-order chi connectivity index (χ1) is 5.39. The van der Waals surface area contributed by atoms with E-state index in [0.717, 1.165) is 0 Å². The topological polar surface area (TPSA) is 9.72 Å². The monoisotopic (exact) mass is 169 g/mol. The van der Waals surface area contributed by atoms with Crippen molar-refractivity contribution in [2.45, 2.75) is 5.79 Å². The zero-order valence-electron chi connectivity index (χ0n) is 8.92. The quantitative estimate of drug-likeness (QED) is 0.433. The Hall–Kier alpha value is -0.560. The van der Waals surface area contributed by atoms with Crippen molar-refractivity contribution in [3.8, 4) is 12.3 Å². The molecule has 0 aliphatic carbocycles. The molecule has 0 atom stereocenters. The van der Waals surface area contributed by atoms with Crippen molar-refractivity contribution < 1.29 is 0 Å². The van der Waals surface area contributed by atoms with E-state index in [-0.39, 0.29) is 0 Å². The molecule has 0 rings (SSSR count). The van der Waals surface area contributed by atoms with Gasteiger partial charge in [0.05, 0.1) is 0 Å². The van der Waals surface area contributed by atoms with Crippen LogP contribution in [-0.2, 0) is 0 Å². The minimum Gasteiger partial charge on any atom is -0.268 e. The largest absolute Gasteiger partial charge is 0.268 e. The third-order valence-corrected chi connectivity index (χ3v) is 2.06. The van der Waals surface area contributed by atoms with Crippen LogP contribution in [0, 0.1) is 12.3 Å². The second-order valence-corrected chi connectivity index (χ2v) is 3.46. The van der Waals surface area contributed by atoms with E-state index < -0.39 is 5.79 Å². The van der Waals surface area contributed by atoms with E-state index >= 15 is 0 Å². The zero-order valence-corrected chi connectivity index (χ0v) is 8.92. The molecule has 0 aliphatic heterocycles. The molecule has 3 nitrogen and oxygen atoms in total. The normalized spacial score (nSPS) is 12.7. The van der Waals surface area contributed by atoms with Crippen LogP contribution in [0.4, 0.5) is 0 Å². The Labute approximate surface area is 75.9 Å². The number of nitrogens with zero attached hydrogens (tertiary/aromatic N) is 3. The molecule has 3 heteroatoms. The molecule has 0 bridgehead atoms. The van der Waals surface area contributed by atoms with Crippen molar-refractivity contribution in [1.29, 1.82) is 0 Å². The van der Waals surface area contributed by atoms with Gasteiger partial charge in [-0.3, -0.25) is 14.7 Å². The van der Waals surface area contributed by atoms with Crippen molar-refractivity contribution in [3.63, 3.8) is 0 Å². The third kappa shape index (κ3) is 1.61. The molecule has 0 saturated carbocycles. The molecule has 0 fully saturated rings. The van der Waals surface area contributed by atoms with Crippen LogP contribution >= 0.6 is 0 Å². The van der Waals surface area contributed by atoms with E-state index in [4.69, 9.17) is 6.42 Å². The maximum absolute atomic E-state index is 5.54. The van der Waals surface area contributed by atoms with Gasteiger partial charge in [0.25, 0.3) is 0 Å². The van der Waals surface area contributed by atoms with Gasteiger partial charge in [-0.15, -0.1) is 6.42 Å². The van der Waals surface area contributed by atoms with Crippen molar-refractivity contribution in [2.24, 2.45) is 0 Å². The maximum Gasteiger partial charge on any atom is 0.194 e. The number of hydrogen-bond donors (Lipinski definition) is 0. The second-order valence-electron chi connectivity index (χ2n) is 3.46. The van der Waals surface area contributed by atoms with Crippen LogP contribution in [0.3, 0.4) is 0 Å². The summed E-state index contributed by atoms with van der Waals surface area (Å²) in [6.45, 7) is 0. The second kappa shape index (κ2) is 3.90. The van der Waals surface area contributed by atoms with Crippen molar-refractivity contribution >= 4 is 0 Å². The summed E-state index contributed by atoms with van der Waals surface area (Å²) in [7, 11) is 11.8. The smallest absolute Gasteiger partial charge is 0.194 e. The molecule has 70 valence electrons. The molecule has 0 amide bonds. The minimum atomic E-state index is -0.431. The summed E-state index contributed by atoms with van der Waals surface area (Å²) in [5.74, 6) is 2.36. The average molecular weight is 169 g/mol. The summed E-state index contributed by atoms with van der Waals surface area (Å²) in [5.41, 5.74) is 0. The number of rotatable bonds is 3. The first-order valence-electron chi connectivity index (χ1n) is 3.89. The lowest BCUT2D eigenvalue weighted by Crippen LogP contribution is -2.63. The summed E-state index contributed by atoms with van der Waals surface area (Å²) in [6.07, 6.45) is 5.54. The predicted octanol–water partition coefficient (Wildman–Crippen LogP) is -0.0418. The Kier molecular flexibility index (Phi) is 3.72. The molecule has 0 unspecified atom stereocenters. The molecular weight excluding hydrogens is 150 g/mol. The van der Waals surface area contributed by atoms with Crippen LogP contribution in [0.5, 0.6) is 0 Å². The highest BCUT2D eigenvalue weighted by atomic mass is 15.5. The van der Waals surface area contributed by atoms with E-state index in [1.54, 1.807) is 0 Å². The van der Waals surface area contributed by atoms with Gasteiger partial charge in [-0.25, -0.2) is 0 Å². The predicted molar refractivity (Wildman–Crippen MR) is 52.6 cm³/mol. The maximum atomic E-state index is 5.54. The van der Waals surface area contributed by atoms with E-state index in [1.807, 2.05) is 57.0 Å². The van der Waals surface area contributed by atoms with E-state index in [9.17, 15) is 0 Å². The lowest BCUT2D eigenvalue weighted by Gasteiger charge is -2.45. The van der Waals surface area contributed by atoms with Gasteiger partial charge in [-0.05, 0) is 42.3 Å². The summed E-state index contributed by atoms with van der Waals surface area (Å²) >= 11 is 0. The molecule has 0 aromatic rings. The zero-order chi connectivity index (χ0) is 9.94. The molecule has 0 aliphatic rings. The van der Waals surface area contributed by atoms with Gasteiger partial charge in [-0.1, -0.05) is 5.92 Å². The van der Waals surface area contributed by atoms with Gasteiger partial charge < -0.3 is 0 Å². The van der Waals surface area contributed by atoms with Crippen LogP contribution in [0.15, 0.2) is 0 Å². The lowest BCUT2D eigenvalue weighted by atomic mass is 10.2. The fraction of sp³-hybridized carbons (Fsp3) is 0.778. The molecule has 0 heterocycles. The molecule has 0 aromatic heterocycles. The van der Waals surface area contributed by atoms with Gasteiger partial charge in [0.2, 0.25) is 0 Å². The average Bonchev–Trinajstić information content (AvgIpc) is 1.86. The first-order valence-corrected chi connectivity index (χ1v) is 3.89. The molecule has 0 N–H and O–H groups in total. The number of terminal acetylenes is 1. The van der Waals surface area contributed by atoms with Crippen LogP contribution in [0.2, 0.25) is 0 Å². The standard InChI is InChI=1S/C9H19N3/c1-8-9(10(2)3,11(4)5)12(6)7/h1H,2-7H3. The van der Waals surface area contributed by atoms with E-state index in [0.29, 0.717) is 0 Å². The summed E-state index contributed by atoms with van der Waals surface area (Å²) in [5, 5.41) is 0. The van der Waals surface area contributed by atoms with Crippen molar-refractivity contribution in [1.82, 2.24) is 14.7 Å². The highest BCUT2D eigenvalue weighted by molar-refractivity contribution is 5.09. The van der Waals surface area contributed by atoms with Gasteiger partial charge in [0, 0.05) is 0 Å². The molecule has 0 saturated heterocycles. The SMILES string of the molecule is C#CC(N(C)C)(N(C)C)N(C)C. The Morgan fingerprint density at radius 2 is 1.08 bits per heavy atom. The van der Waals surface area contributed by atoms with Crippen molar-refractivity contribution in [2.75, 3.05) is 42.3 Å². The summed E-state index contributed by atoms with van der Waals surface area (Å²) in [6, 6.07) is 0. The van der Waals surface area contributed by atoms with Crippen LogP contribution in [0.1, 0.15) is 0 Å². The molecule has 12 heavy (non-hydrogen) atoms. The first kappa shape index (κ1) is 11.4. The van der Waals surface area contributed by atoms with E-state index in [1.165, 1.54) is 0 Å². The molecule has 0 aromatic carbocycles. The summed E-state index contributed by atoms with van der Waals surface area (Å²) < 4.78 is 0. The van der Waals surface area contributed by atoms with Gasteiger partial charge in [0.15, 0.2) is 5.79 Å². The Bertz CT molecular complexity index is 155. The Morgan fingerprint density at radius 1 is 0.833 bits per heavy atom. The Morgan fingerprint density at radius 3 is 1.08 bits per heavy atom. The fourth-order valence-electron chi connectivity index (χ4n) is 1.59.